The molecule has 0 saturated heterocycles. The van der Waals surface area contributed by atoms with Crippen LogP contribution in [-0.4, -0.2) is 24.3 Å². The quantitative estimate of drug-likeness (QED) is 0.795. The summed E-state index contributed by atoms with van der Waals surface area (Å²) in [6.45, 7) is 0. The molecule has 1 aromatic heterocycles. The Labute approximate surface area is 118 Å². The molecule has 0 spiro atoms. The number of nitrogens with zero attached hydrogens (tertiary/aromatic N) is 2. The van der Waals surface area contributed by atoms with E-state index in [1.807, 2.05) is 5.43 Å². The molecule has 110 valence electrons. The molecular weight excluding hydrogens is 306 g/mol. The fraction of sp³-hybridized carbons (Fsp3) is 0. The smallest absolute Gasteiger partial charge is 0.272 e. The van der Waals surface area contributed by atoms with Crippen LogP contribution >= 0.6 is 0 Å². The van der Waals surface area contributed by atoms with E-state index in [1.54, 1.807) is 4.83 Å². The minimum atomic E-state index is -4.38. The average Bonchev–Trinajstić information content (AvgIpc) is 2.45. The number of hydrazine groups is 1. The van der Waals surface area contributed by atoms with Gasteiger partial charge >= 0.3 is 0 Å². The van der Waals surface area contributed by atoms with Gasteiger partial charge in [0.2, 0.25) is 0 Å². The maximum atomic E-state index is 13.4. The first-order valence-electron chi connectivity index (χ1n) is 5.43. The van der Waals surface area contributed by atoms with Gasteiger partial charge in [-0.25, -0.2) is 22.2 Å². The van der Waals surface area contributed by atoms with Gasteiger partial charge in [0.1, 0.15) is 22.2 Å². The third kappa shape index (κ3) is 3.55. The summed E-state index contributed by atoms with van der Waals surface area (Å²) in [5, 5.41) is 0. The Balaban J connectivity index is 2.13. The summed E-state index contributed by atoms with van der Waals surface area (Å²) < 4.78 is 49.7. The van der Waals surface area contributed by atoms with E-state index in [0.29, 0.717) is 6.07 Å². The minimum absolute atomic E-state index is 0.139. The highest BCUT2D eigenvalue weighted by atomic mass is 32.2. The van der Waals surface area contributed by atoms with Crippen molar-refractivity contribution in [2.45, 2.75) is 4.90 Å². The minimum Gasteiger partial charge on any atom is -0.272 e. The zero-order valence-electron chi connectivity index (χ0n) is 10.2. The number of nitrogens with one attached hydrogen (secondary N) is 2. The first-order chi connectivity index (χ1) is 9.90. The Hall–Kier alpha value is -2.46. The van der Waals surface area contributed by atoms with E-state index in [-0.39, 0.29) is 5.69 Å². The summed E-state index contributed by atoms with van der Waals surface area (Å²) >= 11 is 0. The molecule has 0 fully saturated rings. The van der Waals surface area contributed by atoms with Crippen molar-refractivity contribution in [1.82, 2.24) is 20.2 Å². The van der Waals surface area contributed by atoms with Crippen LogP contribution in [0.2, 0.25) is 0 Å². The van der Waals surface area contributed by atoms with Gasteiger partial charge in [0.25, 0.3) is 15.9 Å². The number of sulfonamides is 1. The van der Waals surface area contributed by atoms with E-state index >= 15 is 0 Å². The number of halogens is 2. The van der Waals surface area contributed by atoms with Gasteiger partial charge in [0, 0.05) is 18.5 Å². The van der Waals surface area contributed by atoms with Gasteiger partial charge in [-0.1, -0.05) is 0 Å². The first-order valence-corrected chi connectivity index (χ1v) is 6.92. The Morgan fingerprint density at radius 2 is 1.95 bits per heavy atom. The summed E-state index contributed by atoms with van der Waals surface area (Å²) in [7, 11) is -4.38. The second-order valence-corrected chi connectivity index (χ2v) is 5.38. The molecule has 0 aliphatic heterocycles. The lowest BCUT2D eigenvalue weighted by molar-refractivity contribution is 0.0939. The molecule has 10 heteroatoms. The normalized spacial score (nSPS) is 11.1. The van der Waals surface area contributed by atoms with Crippen molar-refractivity contribution < 1.29 is 22.0 Å². The Kier molecular flexibility index (Phi) is 4.19. The molecule has 0 atom stereocenters. The van der Waals surface area contributed by atoms with Gasteiger partial charge in [0.15, 0.2) is 0 Å². The van der Waals surface area contributed by atoms with Crippen molar-refractivity contribution in [3.63, 3.8) is 0 Å². The van der Waals surface area contributed by atoms with Gasteiger partial charge in [-0.2, -0.15) is 0 Å². The van der Waals surface area contributed by atoms with Crippen LogP contribution in [0.3, 0.4) is 0 Å². The topological polar surface area (TPSA) is 101 Å². The number of rotatable bonds is 4. The van der Waals surface area contributed by atoms with E-state index in [2.05, 4.69) is 9.97 Å². The van der Waals surface area contributed by atoms with Gasteiger partial charge in [-0.05, 0) is 12.1 Å². The SMILES string of the molecule is O=C(NNS(=O)(=O)c1ccc(F)cc1F)c1cnccn1. The Bertz CT molecular complexity index is 768. The third-order valence-corrected chi connectivity index (χ3v) is 3.56. The third-order valence-electron chi connectivity index (χ3n) is 2.28. The second kappa shape index (κ2) is 5.89. The fourth-order valence-corrected chi connectivity index (χ4v) is 2.24. The summed E-state index contributed by atoms with van der Waals surface area (Å²) in [5.74, 6) is -3.08. The molecule has 21 heavy (non-hydrogen) atoms. The Morgan fingerprint density at radius 3 is 2.57 bits per heavy atom. The lowest BCUT2D eigenvalue weighted by atomic mass is 10.3. The number of amides is 1. The standard InChI is InChI=1S/C11H8F2N4O3S/c12-7-1-2-10(8(13)5-7)21(19,20)17-16-11(18)9-6-14-3-4-15-9/h1-6,17H,(H,16,18). The molecule has 7 nitrogen and oxygen atoms in total. The predicted octanol–water partition coefficient (Wildman–Crippen LogP) is 0.378. The number of carbonyl (C=O) groups excluding carboxylic acids is 1. The van der Waals surface area contributed by atoms with Crippen LogP contribution in [0.5, 0.6) is 0 Å². The maximum Gasteiger partial charge on any atom is 0.286 e. The average molecular weight is 314 g/mol. The van der Waals surface area contributed by atoms with E-state index in [0.717, 1.165) is 18.3 Å². The molecule has 1 aromatic carbocycles. The maximum absolute atomic E-state index is 13.4. The van der Waals surface area contributed by atoms with Gasteiger partial charge in [-0.15, -0.1) is 4.83 Å². The summed E-state index contributed by atoms with van der Waals surface area (Å²) in [5.41, 5.74) is 1.70. The lowest BCUT2D eigenvalue weighted by Crippen LogP contribution is -2.42. The van der Waals surface area contributed by atoms with Crippen LogP contribution in [0.15, 0.2) is 41.7 Å². The van der Waals surface area contributed by atoms with Crippen LogP contribution in [0.4, 0.5) is 8.78 Å². The van der Waals surface area contributed by atoms with Crippen molar-refractivity contribution >= 4 is 15.9 Å². The predicted molar refractivity (Wildman–Crippen MR) is 66.2 cm³/mol. The molecule has 2 rings (SSSR count). The van der Waals surface area contributed by atoms with Crippen LogP contribution in [-0.2, 0) is 10.0 Å². The zero-order valence-corrected chi connectivity index (χ0v) is 11.1. The highest BCUT2D eigenvalue weighted by molar-refractivity contribution is 7.89. The van der Waals surface area contributed by atoms with Crippen molar-refractivity contribution in [1.29, 1.82) is 0 Å². The number of benzene rings is 1. The molecule has 0 radical (unpaired) electrons. The molecule has 1 heterocycles. The van der Waals surface area contributed by atoms with Gasteiger partial charge in [0.05, 0.1) is 6.20 Å². The number of carbonyl (C=O) groups is 1. The summed E-state index contributed by atoms with van der Waals surface area (Å²) in [4.78, 5) is 19.7. The zero-order chi connectivity index (χ0) is 15.5. The molecule has 0 saturated carbocycles. The molecule has 2 N–H and O–H groups in total. The lowest BCUT2D eigenvalue weighted by Gasteiger charge is -2.08. The van der Waals surface area contributed by atoms with Crippen molar-refractivity contribution in [3.05, 3.63) is 54.1 Å². The van der Waals surface area contributed by atoms with E-state index < -0.39 is 32.5 Å². The second-order valence-electron chi connectivity index (χ2n) is 3.73. The van der Waals surface area contributed by atoms with Crippen LogP contribution < -0.4 is 10.3 Å². The van der Waals surface area contributed by atoms with E-state index in [1.165, 1.54) is 12.4 Å². The molecule has 0 aliphatic rings. The highest BCUT2D eigenvalue weighted by Crippen LogP contribution is 2.14. The Morgan fingerprint density at radius 1 is 1.19 bits per heavy atom. The molecule has 0 unspecified atom stereocenters. The molecule has 2 aromatic rings. The molecule has 1 amide bonds. The molecule has 0 aliphatic carbocycles. The van der Waals surface area contributed by atoms with E-state index in [9.17, 15) is 22.0 Å². The van der Waals surface area contributed by atoms with E-state index in [4.69, 9.17) is 0 Å². The van der Waals surface area contributed by atoms with Crippen molar-refractivity contribution in [2.24, 2.45) is 0 Å². The summed E-state index contributed by atoms with van der Waals surface area (Å²) in [6.07, 6.45) is 3.68. The highest BCUT2D eigenvalue weighted by Gasteiger charge is 2.20. The van der Waals surface area contributed by atoms with Crippen molar-refractivity contribution in [2.75, 3.05) is 0 Å². The largest absolute Gasteiger partial charge is 0.286 e. The summed E-state index contributed by atoms with van der Waals surface area (Å²) in [6, 6.07) is 1.93. The van der Waals surface area contributed by atoms with Crippen molar-refractivity contribution in [3.8, 4) is 0 Å². The molecular formula is C11H8F2N4O3S. The first kappa shape index (κ1) is 14.9. The van der Waals surface area contributed by atoms with Crippen LogP contribution in [0.25, 0.3) is 0 Å². The number of aromatic nitrogens is 2. The van der Waals surface area contributed by atoms with Crippen LogP contribution in [0, 0.1) is 11.6 Å². The molecule has 0 bridgehead atoms. The van der Waals surface area contributed by atoms with Gasteiger partial charge < -0.3 is 0 Å². The van der Waals surface area contributed by atoms with Gasteiger partial charge in [-0.3, -0.25) is 15.2 Å². The van der Waals surface area contributed by atoms with Crippen LogP contribution in [0.1, 0.15) is 10.5 Å². The number of hydrogen-bond acceptors (Lipinski definition) is 5. The monoisotopic (exact) mass is 314 g/mol. The fourth-order valence-electron chi connectivity index (χ4n) is 1.34. The number of hydrogen-bond donors (Lipinski definition) is 2.